The molecule has 0 unspecified atom stereocenters. The van der Waals surface area contributed by atoms with Gasteiger partial charge in [0.15, 0.2) is 0 Å². The highest BCUT2D eigenvalue weighted by molar-refractivity contribution is 5.80. The summed E-state index contributed by atoms with van der Waals surface area (Å²) in [5.74, 6) is 2.21. The molecule has 2 aromatic carbocycles. The Morgan fingerprint density at radius 3 is 2.41 bits per heavy atom. The topological polar surface area (TPSA) is 61.5 Å². The molecular weight excluding hydrogens is 340 g/mol. The SMILES string of the molecule is CC[C@H](C)c1ccc(OCCOc2cccc(/C=N\n3cnnc3)c2)cc1. The summed E-state index contributed by atoms with van der Waals surface area (Å²) in [5.41, 5.74) is 2.27. The van der Waals surface area contributed by atoms with E-state index in [0.29, 0.717) is 19.1 Å². The van der Waals surface area contributed by atoms with Crippen molar-refractivity contribution in [1.29, 1.82) is 0 Å². The van der Waals surface area contributed by atoms with Crippen LogP contribution in [0.2, 0.25) is 0 Å². The van der Waals surface area contributed by atoms with Crippen molar-refractivity contribution in [2.45, 2.75) is 26.2 Å². The second kappa shape index (κ2) is 9.52. The summed E-state index contributed by atoms with van der Waals surface area (Å²) in [6.45, 7) is 5.39. The molecule has 1 atom stereocenters. The monoisotopic (exact) mass is 364 g/mol. The first-order chi connectivity index (χ1) is 13.2. The molecule has 0 aliphatic rings. The zero-order valence-electron chi connectivity index (χ0n) is 15.7. The van der Waals surface area contributed by atoms with E-state index in [-0.39, 0.29) is 0 Å². The van der Waals surface area contributed by atoms with Gasteiger partial charge in [0.25, 0.3) is 0 Å². The van der Waals surface area contributed by atoms with Crippen molar-refractivity contribution >= 4 is 6.21 Å². The molecule has 0 bridgehead atoms. The predicted octanol–water partition coefficient (Wildman–Crippen LogP) is 4.13. The number of hydrogen-bond donors (Lipinski definition) is 0. The van der Waals surface area contributed by atoms with E-state index < -0.39 is 0 Å². The Kier molecular flexibility index (Phi) is 6.57. The Bertz CT molecular complexity index is 845. The lowest BCUT2D eigenvalue weighted by Crippen LogP contribution is -2.09. The van der Waals surface area contributed by atoms with Gasteiger partial charge in [0.05, 0.1) is 6.21 Å². The Labute approximate surface area is 159 Å². The van der Waals surface area contributed by atoms with Gasteiger partial charge in [-0.1, -0.05) is 38.1 Å². The van der Waals surface area contributed by atoms with Crippen molar-refractivity contribution in [2.75, 3.05) is 13.2 Å². The smallest absolute Gasteiger partial charge is 0.141 e. The van der Waals surface area contributed by atoms with Crippen LogP contribution in [-0.2, 0) is 0 Å². The second-order valence-electron chi connectivity index (χ2n) is 6.23. The Morgan fingerprint density at radius 1 is 1.00 bits per heavy atom. The van der Waals surface area contributed by atoms with E-state index in [1.54, 1.807) is 6.21 Å². The molecule has 3 aromatic rings. The van der Waals surface area contributed by atoms with Gasteiger partial charge >= 0.3 is 0 Å². The average Bonchev–Trinajstić information content (AvgIpc) is 3.23. The molecule has 1 aromatic heterocycles. The zero-order chi connectivity index (χ0) is 18.9. The minimum atomic E-state index is 0.471. The lowest BCUT2D eigenvalue weighted by Gasteiger charge is -2.11. The summed E-state index contributed by atoms with van der Waals surface area (Å²) >= 11 is 0. The fourth-order valence-corrected chi connectivity index (χ4v) is 2.52. The van der Waals surface area contributed by atoms with Gasteiger partial charge in [-0.3, -0.25) is 0 Å². The van der Waals surface area contributed by atoms with Crippen molar-refractivity contribution in [3.63, 3.8) is 0 Å². The molecule has 0 saturated carbocycles. The molecule has 3 rings (SSSR count). The molecule has 6 heteroatoms. The van der Waals surface area contributed by atoms with E-state index in [1.165, 1.54) is 22.9 Å². The maximum Gasteiger partial charge on any atom is 0.141 e. The molecule has 0 spiro atoms. The minimum absolute atomic E-state index is 0.471. The summed E-state index contributed by atoms with van der Waals surface area (Å²) in [6.07, 6.45) is 5.93. The van der Waals surface area contributed by atoms with E-state index in [4.69, 9.17) is 9.47 Å². The number of nitrogens with zero attached hydrogens (tertiary/aromatic N) is 4. The van der Waals surface area contributed by atoms with E-state index in [0.717, 1.165) is 23.5 Å². The van der Waals surface area contributed by atoms with Crippen LogP contribution in [0.3, 0.4) is 0 Å². The molecule has 6 nitrogen and oxygen atoms in total. The summed E-state index contributed by atoms with van der Waals surface area (Å²) < 4.78 is 13.1. The Hall–Kier alpha value is -3.15. The number of rotatable bonds is 9. The van der Waals surface area contributed by atoms with Gasteiger partial charge in [0.2, 0.25) is 0 Å². The highest BCUT2D eigenvalue weighted by Gasteiger charge is 2.03. The first kappa shape index (κ1) is 18.6. The molecule has 1 heterocycles. The number of aromatic nitrogens is 3. The maximum atomic E-state index is 5.77. The molecule has 0 aliphatic heterocycles. The third-order valence-corrected chi connectivity index (χ3v) is 4.29. The predicted molar refractivity (Wildman–Crippen MR) is 106 cm³/mol. The normalized spacial score (nSPS) is 12.2. The van der Waals surface area contributed by atoms with Crippen LogP contribution in [-0.4, -0.2) is 34.3 Å². The van der Waals surface area contributed by atoms with Gasteiger partial charge in [-0.25, -0.2) is 4.68 Å². The molecule has 27 heavy (non-hydrogen) atoms. The Morgan fingerprint density at radius 2 is 1.70 bits per heavy atom. The molecule has 0 amide bonds. The highest BCUT2D eigenvalue weighted by atomic mass is 16.5. The van der Waals surface area contributed by atoms with Crippen LogP contribution in [0.15, 0.2) is 66.3 Å². The summed E-state index contributed by atoms with van der Waals surface area (Å²) in [5, 5.41) is 11.6. The first-order valence-corrected chi connectivity index (χ1v) is 9.09. The second-order valence-corrected chi connectivity index (χ2v) is 6.23. The molecule has 0 aliphatic carbocycles. The molecule has 140 valence electrons. The third kappa shape index (κ3) is 5.67. The zero-order valence-corrected chi connectivity index (χ0v) is 15.7. The van der Waals surface area contributed by atoms with Crippen LogP contribution < -0.4 is 9.47 Å². The summed E-state index contributed by atoms with van der Waals surface area (Å²) in [7, 11) is 0. The van der Waals surface area contributed by atoms with Crippen LogP contribution in [0.25, 0.3) is 0 Å². The molecule has 0 fully saturated rings. The van der Waals surface area contributed by atoms with Crippen LogP contribution in [0.4, 0.5) is 0 Å². The van der Waals surface area contributed by atoms with E-state index >= 15 is 0 Å². The number of benzene rings is 2. The van der Waals surface area contributed by atoms with Gasteiger partial charge in [-0.05, 0) is 47.7 Å². The van der Waals surface area contributed by atoms with E-state index in [2.05, 4.69) is 41.3 Å². The van der Waals surface area contributed by atoms with Crippen molar-refractivity contribution in [3.05, 3.63) is 72.3 Å². The highest BCUT2D eigenvalue weighted by Crippen LogP contribution is 2.21. The van der Waals surface area contributed by atoms with Crippen LogP contribution in [0, 0.1) is 0 Å². The molecule has 0 radical (unpaired) electrons. The van der Waals surface area contributed by atoms with Crippen molar-refractivity contribution < 1.29 is 9.47 Å². The fourth-order valence-electron chi connectivity index (χ4n) is 2.52. The minimum Gasteiger partial charge on any atom is -0.490 e. The third-order valence-electron chi connectivity index (χ3n) is 4.29. The molecular formula is C21H24N4O2. The lowest BCUT2D eigenvalue weighted by molar-refractivity contribution is 0.217. The van der Waals surface area contributed by atoms with Gasteiger partial charge in [0.1, 0.15) is 37.4 Å². The fraction of sp³-hybridized carbons (Fsp3) is 0.286. The number of ether oxygens (including phenoxy) is 2. The van der Waals surface area contributed by atoms with Crippen molar-refractivity contribution in [3.8, 4) is 11.5 Å². The van der Waals surface area contributed by atoms with Gasteiger partial charge in [0, 0.05) is 0 Å². The van der Waals surface area contributed by atoms with Crippen LogP contribution in [0.5, 0.6) is 11.5 Å². The average molecular weight is 364 g/mol. The lowest BCUT2D eigenvalue weighted by atomic mass is 9.99. The summed E-state index contributed by atoms with van der Waals surface area (Å²) in [6, 6.07) is 16.0. The number of hydrogen-bond acceptors (Lipinski definition) is 5. The maximum absolute atomic E-state index is 5.77. The first-order valence-electron chi connectivity index (χ1n) is 9.09. The standard InChI is InChI=1S/C21H24N4O2/c1-3-17(2)19-7-9-20(10-8-19)26-11-12-27-21-6-4-5-18(13-21)14-24-25-15-22-23-16-25/h4-10,13-17H,3,11-12H2,1-2H3/b24-14-/t17-/m0/s1. The largest absolute Gasteiger partial charge is 0.490 e. The van der Waals surface area contributed by atoms with Crippen molar-refractivity contribution in [1.82, 2.24) is 14.9 Å². The van der Waals surface area contributed by atoms with E-state index in [1.807, 2.05) is 36.4 Å². The van der Waals surface area contributed by atoms with E-state index in [9.17, 15) is 0 Å². The quantitative estimate of drug-likeness (QED) is 0.423. The van der Waals surface area contributed by atoms with Crippen LogP contribution in [0.1, 0.15) is 37.3 Å². The Balaban J connectivity index is 1.46. The van der Waals surface area contributed by atoms with Crippen LogP contribution >= 0.6 is 0 Å². The van der Waals surface area contributed by atoms with Crippen molar-refractivity contribution in [2.24, 2.45) is 5.10 Å². The van der Waals surface area contributed by atoms with Gasteiger partial charge < -0.3 is 9.47 Å². The van der Waals surface area contributed by atoms with Gasteiger partial charge in [-0.2, -0.15) is 5.10 Å². The summed E-state index contributed by atoms with van der Waals surface area (Å²) in [4.78, 5) is 0. The molecule has 0 saturated heterocycles. The molecule has 0 N–H and O–H groups in total. The van der Waals surface area contributed by atoms with Gasteiger partial charge in [-0.15, -0.1) is 10.2 Å².